The van der Waals surface area contributed by atoms with Crippen LogP contribution in [0, 0.1) is 0 Å². The highest BCUT2D eigenvalue weighted by Gasteiger charge is 2.22. The highest BCUT2D eigenvalue weighted by molar-refractivity contribution is 7.22. The predicted molar refractivity (Wildman–Crippen MR) is 148 cm³/mol. The van der Waals surface area contributed by atoms with Crippen LogP contribution in [-0.2, 0) is 17.8 Å². The fraction of sp³-hybridized carbons (Fsp3) is 0.207. The second-order valence-corrected chi connectivity index (χ2v) is 9.56. The molecule has 0 atom stereocenters. The van der Waals surface area contributed by atoms with E-state index in [1.54, 1.807) is 31.6 Å². The number of nitrogens with zero attached hydrogens (tertiary/aromatic N) is 4. The van der Waals surface area contributed by atoms with Gasteiger partial charge < -0.3 is 14.0 Å². The molecule has 0 bridgehead atoms. The van der Waals surface area contributed by atoms with E-state index in [4.69, 9.17) is 14.5 Å². The van der Waals surface area contributed by atoms with Crippen LogP contribution in [-0.4, -0.2) is 41.2 Å². The predicted octanol–water partition coefficient (Wildman–Crippen LogP) is 5.84. The number of aryl methyl sites for hydroxylation is 1. The highest BCUT2D eigenvalue weighted by atomic mass is 32.1. The number of rotatable bonds is 10. The maximum absolute atomic E-state index is 13.7. The second kappa shape index (κ2) is 11.3. The van der Waals surface area contributed by atoms with Gasteiger partial charge in [-0.25, -0.2) is 9.97 Å². The number of carbonyl (C=O) groups excluding carboxylic acids is 1. The molecule has 3 aromatic carbocycles. The molecule has 5 rings (SSSR count). The number of imidazole rings is 1. The zero-order valence-corrected chi connectivity index (χ0v) is 21.6. The molecule has 0 unspecified atom stereocenters. The summed E-state index contributed by atoms with van der Waals surface area (Å²) in [6.45, 7) is 1.29. The van der Waals surface area contributed by atoms with Gasteiger partial charge in [0.05, 0.1) is 27.0 Å². The van der Waals surface area contributed by atoms with Crippen molar-refractivity contribution in [1.82, 2.24) is 14.5 Å². The highest BCUT2D eigenvalue weighted by Crippen LogP contribution is 2.40. The molecule has 2 heterocycles. The Morgan fingerprint density at radius 1 is 0.946 bits per heavy atom. The Kier molecular flexibility index (Phi) is 7.46. The molecular formula is C29H28N4O3S. The van der Waals surface area contributed by atoms with Crippen molar-refractivity contribution in [1.29, 1.82) is 0 Å². The lowest BCUT2D eigenvalue weighted by Gasteiger charge is -2.20. The fourth-order valence-electron chi connectivity index (χ4n) is 4.26. The number of fused-ring (bicyclic) bond motifs is 1. The molecule has 7 nitrogen and oxygen atoms in total. The van der Waals surface area contributed by atoms with Gasteiger partial charge in [0, 0.05) is 25.5 Å². The molecule has 0 N–H and O–H groups in total. The van der Waals surface area contributed by atoms with Crippen LogP contribution in [0.1, 0.15) is 12.0 Å². The Morgan fingerprint density at radius 2 is 1.68 bits per heavy atom. The Hall–Kier alpha value is -4.17. The van der Waals surface area contributed by atoms with E-state index < -0.39 is 0 Å². The van der Waals surface area contributed by atoms with E-state index in [-0.39, 0.29) is 12.3 Å². The second-order valence-electron chi connectivity index (χ2n) is 8.58. The summed E-state index contributed by atoms with van der Waals surface area (Å²) >= 11 is 1.44. The SMILES string of the molecule is COc1ccc(OC)c2sc(N(CCCn3ccnc3)C(=O)Cc3ccc(-c4ccccc4)cc3)nc12. The number of carbonyl (C=O) groups is 1. The van der Waals surface area contributed by atoms with Crippen molar-refractivity contribution in [2.24, 2.45) is 0 Å². The topological polar surface area (TPSA) is 69.5 Å². The zero-order valence-electron chi connectivity index (χ0n) is 20.8. The Bertz CT molecular complexity index is 1420. The summed E-state index contributed by atoms with van der Waals surface area (Å²) in [4.78, 5) is 24.4. The molecule has 0 saturated carbocycles. The van der Waals surface area contributed by atoms with Crippen molar-refractivity contribution in [2.45, 2.75) is 19.4 Å². The standard InChI is InChI=1S/C29H28N4O3S/c1-35-24-13-14-25(36-2)28-27(24)31-29(37-28)33(17-6-16-32-18-15-30-20-32)26(34)19-21-9-11-23(12-10-21)22-7-4-3-5-8-22/h3-5,7-15,18,20H,6,16-17,19H2,1-2H3. The van der Waals surface area contributed by atoms with Crippen LogP contribution in [0.25, 0.3) is 21.3 Å². The van der Waals surface area contributed by atoms with E-state index in [0.717, 1.165) is 34.4 Å². The first kappa shape index (κ1) is 24.5. The Balaban J connectivity index is 1.41. The van der Waals surface area contributed by atoms with Crippen LogP contribution in [0.15, 0.2) is 85.5 Å². The minimum Gasteiger partial charge on any atom is -0.495 e. The van der Waals surface area contributed by atoms with Crippen LogP contribution in [0.3, 0.4) is 0 Å². The number of aromatic nitrogens is 3. The molecule has 0 spiro atoms. The van der Waals surface area contributed by atoms with Crippen molar-refractivity contribution >= 4 is 32.6 Å². The maximum Gasteiger partial charge on any atom is 0.233 e. The van der Waals surface area contributed by atoms with E-state index in [0.29, 0.717) is 28.7 Å². The summed E-state index contributed by atoms with van der Waals surface area (Å²) in [5.74, 6) is 1.36. The first-order chi connectivity index (χ1) is 18.2. The summed E-state index contributed by atoms with van der Waals surface area (Å²) in [6.07, 6.45) is 6.51. The number of amides is 1. The lowest BCUT2D eigenvalue weighted by atomic mass is 10.0. The third kappa shape index (κ3) is 5.49. The summed E-state index contributed by atoms with van der Waals surface area (Å²) < 4.78 is 14.0. The minimum atomic E-state index is -0.00455. The smallest absolute Gasteiger partial charge is 0.233 e. The fourth-order valence-corrected chi connectivity index (χ4v) is 5.38. The van der Waals surface area contributed by atoms with E-state index in [1.165, 1.54) is 11.3 Å². The van der Waals surface area contributed by atoms with Crippen molar-refractivity contribution in [3.63, 3.8) is 0 Å². The van der Waals surface area contributed by atoms with Gasteiger partial charge in [-0.3, -0.25) is 9.69 Å². The molecule has 0 aliphatic heterocycles. The Labute approximate surface area is 219 Å². The molecule has 0 fully saturated rings. The maximum atomic E-state index is 13.7. The van der Waals surface area contributed by atoms with Crippen molar-refractivity contribution in [3.8, 4) is 22.6 Å². The Morgan fingerprint density at radius 3 is 2.38 bits per heavy atom. The molecule has 8 heteroatoms. The van der Waals surface area contributed by atoms with Gasteiger partial charge in [0.2, 0.25) is 5.91 Å². The monoisotopic (exact) mass is 512 g/mol. The molecule has 0 aliphatic rings. The van der Waals surface area contributed by atoms with Gasteiger partial charge in [-0.05, 0) is 35.2 Å². The van der Waals surface area contributed by atoms with Gasteiger partial charge in [-0.1, -0.05) is 65.9 Å². The molecule has 0 saturated heterocycles. The third-order valence-electron chi connectivity index (χ3n) is 6.20. The van der Waals surface area contributed by atoms with Gasteiger partial charge in [-0.2, -0.15) is 0 Å². The first-order valence-electron chi connectivity index (χ1n) is 12.1. The molecule has 188 valence electrons. The third-order valence-corrected chi connectivity index (χ3v) is 7.30. The van der Waals surface area contributed by atoms with Crippen molar-refractivity contribution in [3.05, 3.63) is 91.0 Å². The van der Waals surface area contributed by atoms with Crippen LogP contribution >= 0.6 is 11.3 Å². The normalized spacial score (nSPS) is 11.0. The van der Waals surface area contributed by atoms with Crippen LogP contribution in [0.2, 0.25) is 0 Å². The number of methoxy groups -OCH3 is 2. The van der Waals surface area contributed by atoms with Gasteiger partial charge in [0.15, 0.2) is 5.13 Å². The zero-order chi connectivity index (χ0) is 25.6. The van der Waals surface area contributed by atoms with Crippen LogP contribution in [0.4, 0.5) is 5.13 Å². The van der Waals surface area contributed by atoms with Gasteiger partial charge in [0.25, 0.3) is 0 Å². The summed E-state index contributed by atoms with van der Waals surface area (Å²) in [6, 6.07) is 22.1. The number of hydrogen-bond donors (Lipinski definition) is 0. The number of thiazole rings is 1. The van der Waals surface area contributed by atoms with Crippen molar-refractivity contribution < 1.29 is 14.3 Å². The van der Waals surface area contributed by atoms with Crippen LogP contribution < -0.4 is 14.4 Å². The van der Waals surface area contributed by atoms with E-state index in [1.807, 2.05) is 53.2 Å². The first-order valence-corrected chi connectivity index (χ1v) is 12.9. The summed E-state index contributed by atoms with van der Waals surface area (Å²) in [5.41, 5.74) is 3.93. The molecule has 1 amide bonds. The summed E-state index contributed by atoms with van der Waals surface area (Å²) in [7, 11) is 3.25. The number of hydrogen-bond acceptors (Lipinski definition) is 6. The average Bonchev–Trinajstić information content (AvgIpc) is 3.62. The molecule has 0 radical (unpaired) electrons. The molecule has 5 aromatic rings. The molecule has 37 heavy (non-hydrogen) atoms. The van der Waals surface area contributed by atoms with Gasteiger partial charge in [0.1, 0.15) is 21.7 Å². The lowest BCUT2D eigenvalue weighted by Crippen LogP contribution is -2.33. The number of anilines is 1. The average molecular weight is 513 g/mol. The quantitative estimate of drug-likeness (QED) is 0.235. The molecular weight excluding hydrogens is 484 g/mol. The van der Waals surface area contributed by atoms with E-state index in [2.05, 4.69) is 29.2 Å². The minimum absolute atomic E-state index is 0.00455. The van der Waals surface area contributed by atoms with E-state index >= 15 is 0 Å². The lowest BCUT2D eigenvalue weighted by molar-refractivity contribution is -0.118. The van der Waals surface area contributed by atoms with Gasteiger partial charge in [-0.15, -0.1) is 0 Å². The largest absolute Gasteiger partial charge is 0.495 e. The molecule has 0 aliphatic carbocycles. The van der Waals surface area contributed by atoms with Gasteiger partial charge >= 0.3 is 0 Å². The van der Waals surface area contributed by atoms with Crippen molar-refractivity contribution in [2.75, 3.05) is 25.7 Å². The van der Waals surface area contributed by atoms with E-state index in [9.17, 15) is 4.79 Å². The number of ether oxygens (including phenoxy) is 2. The van der Waals surface area contributed by atoms with Crippen LogP contribution in [0.5, 0.6) is 11.5 Å². The molecule has 2 aromatic heterocycles. The summed E-state index contributed by atoms with van der Waals surface area (Å²) in [5, 5.41) is 0.634. The number of benzene rings is 3.